The third-order valence-electron chi connectivity index (χ3n) is 2.94. The summed E-state index contributed by atoms with van der Waals surface area (Å²) in [6, 6.07) is 13.6. The summed E-state index contributed by atoms with van der Waals surface area (Å²) in [6.45, 7) is 0.451. The van der Waals surface area contributed by atoms with Gasteiger partial charge in [0.15, 0.2) is 5.01 Å². The minimum Gasteiger partial charge on any atom is -0.346 e. The maximum absolute atomic E-state index is 12.1. The average Bonchev–Trinajstić information content (AvgIpc) is 3.04. The molecule has 0 atom stereocenters. The molecule has 0 aliphatic carbocycles. The molecule has 0 saturated heterocycles. The molecule has 1 aromatic carbocycles. The third kappa shape index (κ3) is 3.32. The second-order valence-corrected chi connectivity index (χ2v) is 5.31. The lowest BCUT2D eigenvalue weighted by molar-refractivity contribution is 0.0950. The van der Waals surface area contributed by atoms with E-state index in [-0.39, 0.29) is 5.91 Å². The van der Waals surface area contributed by atoms with Crippen molar-refractivity contribution >= 4 is 17.2 Å². The Kier molecular flexibility index (Phi) is 4.02. The minimum absolute atomic E-state index is 0.161. The number of carbonyl (C=O) groups excluding carboxylic acids is 1. The molecule has 2 aromatic heterocycles. The summed E-state index contributed by atoms with van der Waals surface area (Å²) >= 11 is 1.35. The topological polar surface area (TPSA) is 54.9 Å². The number of hydrogen-bond acceptors (Lipinski definition) is 4. The number of aromatic nitrogens is 2. The molecule has 104 valence electrons. The van der Waals surface area contributed by atoms with Crippen LogP contribution in [-0.4, -0.2) is 15.9 Å². The number of benzene rings is 1. The van der Waals surface area contributed by atoms with Crippen LogP contribution in [-0.2, 0) is 6.54 Å². The second kappa shape index (κ2) is 6.28. The number of amides is 1. The fraction of sp³-hybridized carbons (Fsp3) is 0.0625. The van der Waals surface area contributed by atoms with Crippen LogP contribution in [0.25, 0.3) is 11.3 Å². The van der Waals surface area contributed by atoms with Crippen molar-refractivity contribution in [3.05, 3.63) is 70.8 Å². The van der Waals surface area contributed by atoms with Gasteiger partial charge in [-0.1, -0.05) is 36.4 Å². The van der Waals surface area contributed by atoms with Crippen LogP contribution in [0.5, 0.6) is 0 Å². The van der Waals surface area contributed by atoms with Gasteiger partial charge in [0.25, 0.3) is 5.91 Å². The van der Waals surface area contributed by atoms with Crippen molar-refractivity contribution in [1.29, 1.82) is 0 Å². The van der Waals surface area contributed by atoms with Crippen molar-refractivity contribution in [2.45, 2.75) is 6.54 Å². The lowest BCUT2D eigenvalue weighted by atomic mass is 10.2. The Morgan fingerprint density at radius 3 is 2.76 bits per heavy atom. The van der Waals surface area contributed by atoms with Crippen LogP contribution in [0.1, 0.15) is 15.4 Å². The number of rotatable bonds is 4. The molecule has 0 radical (unpaired) electrons. The molecule has 1 amide bonds. The van der Waals surface area contributed by atoms with Crippen LogP contribution in [0.3, 0.4) is 0 Å². The fourth-order valence-corrected chi connectivity index (χ4v) is 2.62. The Morgan fingerprint density at radius 2 is 2.00 bits per heavy atom. The maximum Gasteiger partial charge on any atom is 0.280 e. The van der Waals surface area contributed by atoms with Gasteiger partial charge in [0.2, 0.25) is 0 Å². The number of hydrogen-bond donors (Lipinski definition) is 1. The highest BCUT2D eigenvalue weighted by Gasteiger charge is 2.11. The molecule has 0 saturated carbocycles. The van der Waals surface area contributed by atoms with E-state index in [0.29, 0.717) is 11.6 Å². The molecule has 21 heavy (non-hydrogen) atoms. The first kappa shape index (κ1) is 13.5. The summed E-state index contributed by atoms with van der Waals surface area (Å²) in [5.41, 5.74) is 2.80. The molecule has 0 aliphatic heterocycles. The normalized spacial score (nSPS) is 10.3. The average molecular weight is 295 g/mol. The molecule has 4 nitrogen and oxygen atoms in total. The zero-order valence-corrected chi connectivity index (χ0v) is 12.0. The first-order valence-corrected chi connectivity index (χ1v) is 7.39. The molecule has 3 rings (SSSR count). The van der Waals surface area contributed by atoms with E-state index in [1.165, 1.54) is 11.3 Å². The molecule has 3 aromatic rings. The van der Waals surface area contributed by atoms with Crippen molar-refractivity contribution < 1.29 is 4.79 Å². The summed E-state index contributed by atoms with van der Waals surface area (Å²) in [6.07, 6.45) is 3.44. The number of pyridine rings is 1. The van der Waals surface area contributed by atoms with Crippen molar-refractivity contribution in [2.24, 2.45) is 0 Å². The van der Waals surface area contributed by atoms with Crippen molar-refractivity contribution in [3.63, 3.8) is 0 Å². The Balaban J connectivity index is 1.67. The summed E-state index contributed by atoms with van der Waals surface area (Å²) in [7, 11) is 0. The molecule has 0 unspecified atom stereocenters. The molecule has 0 aliphatic rings. The highest BCUT2D eigenvalue weighted by molar-refractivity contribution is 7.12. The minimum atomic E-state index is -0.161. The van der Waals surface area contributed by atoms with E-state index in [1.54, 1.807) is 12.4 Å². The van der Waals surface area contributed by atoms with Gasteiger partial charge in [-0.05, 0) is 11.6 Å². The van der Waals surface area contributed by atoms with Crippen molar-refractivity contribution in [3.8, 4) is 11.3 Å². The van der Waals surface area contributed by atoms with E-state index in [9.17, 15) is 4.79 Å². The van der Waals surface area contributed by atoms with Gasteiger partial charge >= 0.3 is 0 Å². The molecular weight excluding hydrogens is 282 g/mol. The first-order chi connectivity index (χ1) is 10.3. The largest absolute Gasteiger partial charge is 0.346 e. The van der Waals surface area contributed by atoms with E-state index >= 15 is 0 Å². The first-order valence-electron chi connectivity index (χ1n) is 6.51. The van der Waals surface area contributed by atoms with E-state index in [4.69, 9.17) is 0 Å². The van der Waals surface area contributed by atoms with Gasteiger partial charge in [-0.3, -0.25) is 9.78 Å². The van der Waals surface area contributed by atoms with Crippen molar-refractivity contribution in [2.75, 3.05) is 0 Å². The van der Waals surface area contributed by atoms with Gasteiger partial charge in [0.05, 0.1) is 5.69 Å². The lowest BCUT2D eigenvalue weighted by Crippen LogP contribution is -2.22. The standard InChI is InChI=1S/C16H13N3OS/c20-15(18-10-12-5-4-8-17-9-12)16-19-14(11-21-16)13-6-2-1-3-7-13/h1-9,11H,10H2,(H,18,20). The predicted octanol–water partition coefficient (Wildman–Crippen LogP) is 3.14. The van der Waals surface area contributed by atoms with Gasteiger partial charge in [-0.15, -0.1) is 11.3 Å². The van der Waals surface area contributed by atoms with E-state index in [2.05, 4.69) is 15.3 Å². The van der Waals surface area contributed by atoms with Crippen LogP contribution in [0.4, 0.5) is 0 Å². The lowest BCUT2D eigenvalue weighted by Gasteiger charge is -2.02. The zero-order valence-electron chi connectivity index (χ0n) is 11.2. The fourth-order valence-electron chi connectivity index (χ4n) is 1.88. The van der Waals surface area contributed by atoms with Gasteiger partial charge in [-0.2, -0.15) is 0 Å². The predicted molar refractivity (Wildman–Crippen MR) is 83.0 cm³/mol. The molecule has 0 fully saturated rings. The van der Waals surface area contributed by atoms with Crippen LogP contribution >= 0.6 is 11.3 Å². The molecule has 0 spiro atoms. The Bertz CT molecular complexity index is 726. The molecule has 1 N–H and O–H groups in total. The van der Waals surface area contributed by atoms with Crippen LogP contribution in [0.2, 0.25) is 0 Å². The summed E-state index contributed by atoms with van der Waals surface area (Å²) in [5.74, 6) is -0.161. The Hall–Kier alpha value is -2.53. The van der Waals surface area contributed by atoms with Crippen LogP contribution < -0.4 is 5.32 Å². The van der Waals surface area contributed by atoms with Gasteiger partial charge < -0.3 is 5.32 Å². The van der Waals surface area contributed by atoms with E-state index < -0.39 is 0 Å². The summed E-state index contributed by atoms with van der Waals surface area (Å²) in [5, 5.41) is 5.22. The molecule has 0 bridgehead atoms. The number of nitrogens with one attached hydrogen (secondary N) is 1. The van der Waals surface area contributed by atoms with Crippen molar-refractivity contribution in [1.82, 2.24) is 15.3 Å². The van der Waals surface area contributed by atoms with Gasteiger partial charge in [-0.25, -0.2) is 4.98 Å². The third-order valence-corrected chi connectivity index (χ3v) is 3.78. The van der Waals surface area contributed by atoms with Gasteiger partial charge in [0, 0.05) is 29.9 Å². The SMILES string of the molecule is O=C(NCc1cccnc1)c1nc(-c2ccccc2)cs1. The highest BCUT2D eigenvalue weighted by Crippen LogP contribution is 2.21. The second-order valence-electron chi connectivity index (χ2n) is 4.45. The summed E-state index contributed by atoms with van der Waals surface area (Å²) in [4.78, 5) is 20.5. The Labute approximate surface area is 126 Å². The highest BCUT2D eigenvalue weighted by atomic mass is 32.1. The smallest absolute Gasteiger partial charge is 0.280 e. The van der Waals surface area contributed by atoms with Crippen LogP contribution in [0, 0.1) is 0 Å². The monoisotopic (exact) mass is 295 g/mol. The maximum atomic E-state index is 12.1. The summed E-state index contributed by atoms with van der Waals surface area (Å²) < 4.78 is 0. The van der Waals surface area contributed by atoms with Crippen LogP contribution in [0.15, 0.2) is 60.2 Å². The number of carbonyl (C=O) groups is 1. The Morgan fingerprint density at radius 1 is 1.14 bits per heavy atom. The van der Waals surface area contributed by atoms with E-state index in [0.717, 1.165) is 16.8 Å². The molecular formula is C16H13N3OS. The quantitative estimate of drug-likeness (QED) is 0.804. The zero-order chi connectivity index (χ0) is 14.5. The van der Waals surface area contributed by atoms with Gasteiger partial charge in [0.1, 0.15) is 0 Å². The number of thiazole rings is 1. The molecule has 5 heteroatoms. The van der Waals surface area contributed by atoms with E-state index in [1.807, 2.05) is 47.8 Å². The molecule has 2 heterocycles. The number of nitrogens with zero attached hydrogens (tertiary/aromatic N) is 2.